The fraction of sp³-hybridized carbons (Fsp3) is 0.421. The summed E-state index contributed by atoms with van der Waals surface area (Å²) in [5.41, 5.74) is 0.972. The molecule has 0 unspecified atom stereocenters. The van der Waals surface area contributed by atoms with Gasteiger partial charge < -0.3 is 19.8 Å². The third-order valence-electron chi connectivity index (χ3n) is 4.07. The molecule has 0 saturated heterocycles. The lowest BCUT2D eigenvalue weighted by Crippen LogP contribution is -2.30. The topological polar surface area (TPSA) is 46.4 Å². The van der Waals surface area contributed by atoms with Gasteiger partial charge in [0.25, 0.3) is 0 Å². The van der Waals surface area contributed by atoms with E-state index in [0.29, 0.717) is 11.2 Å². The van der Waals surface area contributed by atoms with Crippen LogP contribution >= 0.6 is 24.0 Å². The van der Waals surface area contributed by atoms with Gasteiger partial charge in [-0.25, -0.2) is 0 Å². The van der Waals surface area contributed by atoms with E-state index in [4.69, 9.17) is 21.4 Å². The first-order valence-corrected chi connectivity index (χ1v) is 10.3. The number of hydrogen-bond acceptors (Lipinski definition) is 4. The van der Waals surface area contributed by atoms with Gasteiger partial charge in [-0.05, 0) is 74.3 Å². The lowest BCUT2D eigenvalue weighted by molar-refractivity contribution is 0.210. The Labute approximate surface area is 158 Å². The van der Waals surface area contributed by atoms with Gasteiger partial charge in [0.1, 0.15) is 11.5 Å². The van der Waals surface area contributed by atoms with Crippen molar-refractivity contribution in [2.24, 2.45) is 0 Å². The van der Waals surface area contributed by atoms with Crippen LogP contribution in [0.3, 0.4) is 0 Å². The minimum Gasteiger partial charge on any atom is -0.490 e. The Balaban J connectivity index is 1.31. The number of thioether (sulfide) groups is 1. The van der Waals surface area contributed by atoms with E-state index in [9.17, 15) is 0 Å². The molecule has 0 radical (unpaired) electrons. The summed E-state index contributed by atoms with van der Waals surface area (Å²) in [5.74, 6) is 3.80. The number of ether oxygens (including phenoxy) is 1. The van der Waals surface area contributed by atoms with Crippen LogP contribution in [0.15, 0.2) is 47.1 Å². The first-order chi connectivity index (χ1) is 12.3. The Kier molecular flexibility index (Phi) is 7.06. The van der Waals surface area contributed by atoms with E-state index in [1.807, 2.05) is 48.2 Å². The Bertz CT molecular complexity index is 638. The second-order valence-electron chi connectivity index (χ2n) is 6.06. The van der Waals surface area contributed by atoms with Crippen LogP contribution in [0.4, 0.5) is 5.69 Å². The Hall–Kier alpha value is -1.66. The van der Waals surface area contributed by atoms with Crippen LogP contribution in [0, 0.1) is 0 Å². The molecule has 4 nitrogen and oxygen atoms in total. The van der Waals surface area contributed by atoms with Crippen LogP contribution in [-0.2, 0) is 5.75 Å². The number of anilines is 1. The third-order valence-corrected chi connectivity index (χ3v) is 5.30. The monoisotopic (exact) mass is 376 g/mol. The minimum atomic E-state index is 0.389. The molecule has 2 aromatic rings. The van der Waals surface area contributed by atoms with Crippen molar-refractivity contribution in [2.75, 3.05) is 17.6 Å². The summed E-state index contributed by atoms with van der Waals surface area (Å²) in [5, 5.41) is 7.07. The molecule has 2 N–H and O–H groups in total. The number of rotatable bonds is 8. The Morgan fingerprint density at radius 3 is 2.72 bits per heavy atom. The Morgan fingerprint density at radius 2 is 2.00 bits per heavy atom. The summed E-state index contributed by atoms with van der Waals surface area (Å²) in [6.45, 7) is 0.820. The largest absolute Gasteiger partial charge is 0.490 e. The molecule has 1 saturated carbocycles. The maximum atomic E-state index is 5.97. The molecule has 1 fully saturated rings. The molecule has 0 bridgehead atoms. The van der Waals surface area contributed by atoms with Crippen molar-refractivity contribution in [3.63, 3.8) is 0 Å². The molecular formula is C19H24N2O2S2. The predicted molar refractivity (Wildman–Crippen MR) is 108 cm³/mol. The van der Waals surface area contributed by atoms with Crippen LogP contribution < -0.4 is 15.4 Å². The smallest absolute Gasteiger partial charge is 0.170 e. The molecule has 25 heavy (non-hydrogen) atoms. The summed E-state index contributed by atoms with van der Waals surface area (Å²) in [6, 6.07) is 11.9. The van der Waals surface area contributed by atoms with Crippen LogP contribution in [0.1, 0.15) is 31.4 Å². The maximum absolute atomic E-state index is 5.97. The molecule has 6 heteroatoms. The van der Waals surface area contributed by atoms with E-state index in [0.717, 1.165) is 35.2 Å². The normalized spacial score (nSPS) is 14.4. The number of furan rings is 1. The molecule has 0 spiro atoms. The average Bonchev–Trinajstić information content (AvgIpc) is 3.30. The van der Waals surface area contributed by atoms with Crippen molar-refractivity contribution in [1.82, 2.24) is 5.32 Å². The summed E-state index contributed by atoms with van der Waals surface area (Å²) in [4.78, 5) is 0. The highest BCUT2D eigenvalue weighted by Crippen LogP contribution is 2.25. The van der Waals surface area contributed by atoms with Crippen LogP contribution in [0.5, 0.6) is 5.75 Å². The van der Waals surface area contributed by atoms with E-state index in [1.165, 1.54) is 25.7 Å². The highest BCUT2D eigenvalue weighted by Gasteiger charge is 2.16. The van der Waals surface area contributed by atoms with E-state index >= 15 is 0 Å². The fourth-order valence-corrected chi connectivity index (χ4v) is 3.77. The molecule has 3 rings (SSSR count). The van der Waals surface area contributed by atoms with Crippen LogP contribution in [0.2, 0.25) is 0 Å². The first-order valence-electron chi connectivity index (χ1n) is 8.71. The summed E-state index contributed by atoms with van der Waals surface area (Å²) in [7, 11) is 0. The zero-order chi connectivity index (χ0) is 17.3. The number of hydrogen-bond donors (Lipinski definition) is 2. The van der Waals surface area contributed by atoms with Gasteiger partial charge in [0.05, 0.1) is 18.1 Å². The van der Waals surface area contributed by atoms with Gasteiger partial charge in [-0.1, -0.05) is 0 Å². The second kappa shape index (κ2) is 9.73. The minimum absolute atomic E-state index is 0.389. The van der Waals surface area contributed by atoms with Gasteiger partial charge in [0.2, 0.25) is 0 Å². The zero-order valence-electron chi connectivity index (χ0n) is 14.2. The van der Waals surface area contributed by atoms with Crippen LogP contribution in [0.25, 0.3) is 0 Å². The molecule has 1 aromatic carbocycles. The molecule has 0 aliphatic heterocycles. The average molecular weight is 377 g/mol. The number of thiocarbonyl (C=S) groups is 1. The molecule has 134 valence electrons. The van der Waals surface area contributed by atoms with Crippen LogP contribution in [-0.4, -0.2) is 23.5 Å². The van der Waals surface area contributed by atoms with Gasteiger partial charge in [-0.2, -0.15) is 11.8 Å². The predicted octanol–water partition coefficient (Wildman–Crippen LogP) is 4.82. The molecule has 1 aromatic heterocycles. The van der Waals surface area contributed by atoms with E-state index in [-0.39, 0.29) is 0 Å². The number of benzene rings is 1. The van der Waals surface area contributed by atoms with E-state index < -0.39 is 0 Å². The molecular weight excluding hydrogens is 352 g/mol. The highest BCUT2D eigenvalue weighted by atomic mass is 32.2. The maximum Gasteiger partial charge on any atom is 0.170 e. The van der Waals surface area contributed by atoms with Crippen molar-refractivity contribution in [1.29, 1.82) is 0 Å². The lowest BCUT2D eigenvalue weighted by Gasteiger charge is -2.14. The molecule has 0 amide bonds. The fourth-order valence-electron chi connectivity index (χ4n) is 2.79. The highest BCUT2D eigenvalue weighted by molar-refractivity contribution is 7.98. The molecule has 0 atom stereocenters. The quantitative estimate of drug-likeness (QED) is 0.509. The van der Waals surface area contributed by atoms with Gasteiger partial charge in [0, 0.05) is 18.0 Å². The standard InChI is InChI=1S/C19H24N2O2S2/c24-19(20-11-13-25-14-18-6-3-12-22-18)21-15-7-9-17(10-8-15)23-16-4-1-2-5-16/h3,6-10,12,16H,1-2,4-5,11,13-14H2,(H2,20,21,24). The third kappa shape index (κ3) is 6.29. The summed E-state index contributed by atoms with van der Waals surface area (Å²) in [6.07, 6.45) is 7.00. The second-order valence-corrected chi connectivity index (χ2v) is 7.57. The summed E-state index contributed by atoms with van der Waals surface area (Å²) >= 11 is 7.15. The van der Waals surface area contributed by atoms with Crippen molar-refractivity contribution in [2.45, 2.75) is 37.5 Å². The van der Waals surface area contributed by atoms with Crippen molar-refractivity contribution >= 4 is 34.8 Å². The van der Waals surface area contributed by atoms with Gasteiger partial charge >= 0.3 is 0 Å². The van der Waals surface area contributed by atoms with Crippen molar-refractivity contribution in [3.05, 3.63) is 48.4 Å². The summed E-state index contributed by atoms with van der Waals surface area (Å²) < 4.78 is 11.3. The lowest BCUT2D eigenvalue weighted by atomic mass is 10.3. The SMILES string of the molecule is S=C(NCCSCc1ccco1)Nc1ccc(OC2CCCC2)cc1. The van der Waals surface area contributed by atoms with E-state index in [2.05, 4.69) is 10.6 Å². The Morgan fingerprint density at radius 1 is 1.20 bits per heavy atom. The zero-order valence-corrected chi connectivity index (χ0v) is 15.8. The van der Waals surface area contributed by atoms with Gasteiger partial charge in [-0.15, -0.1) is 0 Å². The molecule has 1 aliphatic rings. The van der Waals surface area contributed by atoms with Gasteiger partial charge in [-0.3, -0.25) is 0 Å². The van der Waals surface area contributed by atoms with Crippen molar-refractivity contribution in [3.8, 4) is 5.75 Å². The molecule has 1 heterocycles. The van der Waals surface area contributed by atoms with Crippen molar-refractivity contribution < 1.29 is 9.15 Å². The number of nitrogens with one attached hydrogen (secondary N) is 2. The molecule has 1 aliphatic carbocycles. The van der Waals surface area contributed by atoms with E-state index in [1.54, 1.807) is 6.26 Å². The first kappa shape index (κ1) is 18.1. The van der Waals surface area contributed by atoms with Gasteiger partial charge in [0.15, 0.2) is 5.11 Å².